The van der Waals surface area contributed by atoms with E-state index in [0.717, 1.165) is 12.2 Å². The number of ether oxygens (including phenoxy) is 1. The van der Waals surface area contributed by atoms with Gasteiger partial charge in [-0.15, -0.1) is 0 Å². The fraction of sp³-hybridized carbons (Fsp3) is 0.579. The summed E-state index contributed by atoms with van der Waals surface area (Å²) < 4.78 is 5.70. The van der Waals surface area contributed by atoms with E-state index in [4.69, 9.17) is 10.5 Å². The zero-order valence-corrected chi connectivity index (χ0v) is 14.5. The lowest BCUT2D eigenvalue weighted by molar-refractivity contribution is -0.123. The van der Waals surface area contributed by atoms with E-state index in [1.165, 1.54) is 19.3 Å². The molecule has 0 spiro atoms. The molecule has 1 fully saturated rings. The van der Waals surface area contributed by atoms with Crippen LogP contribution in [0.15, 0.2) is 24.3 Å². The summed E-state index contributed by atoms with van der Waals surface area (Å²) in [6.45, 7) is 4.07. The van der Waals surface area contributed by atoms with Crippen LogP contribution in [0.1, 0.15) is 55.8 Å². The van der Waals surface area contributed by atoms with Crippen LogP contribution in [0.4, 0.5) is 0 Å². The number of carbonyl (C=O) groups is 2. The Kier molecular flexibility index (Phi) is 7.09. The molecule has 0 radical (unpaired) electrons. The second-order valence-corrected chi connectivity index (χ2v) is 6.40. The second-order valence-electron chi connectivity index (χ2n) is 6.40. The van der Waals surface area contributed by atoms with Crippen molar-refractivity contribution in [3.05, 3.63) is 29.8 Å². The molecule has 2 amide bonds. The number of nitrogens with zero attached hydrogens (tertiary/aromatic N) is 1. The monoisotopic (exact) mass is 332 g/mol. The van der Waals surface area contributed by atoms with E-state index in [2.05, 4.69) is 6.92 Å². The van der Waals surface area contributed by atoms with Crippen molar-refractivity contribution in [1.29, 1.82) is 0 Å². The van der Waals surface area contributed by atoms with E-state index in [1.54, 1.807) is 4.90 Å². The largest absolute Gasteiger partial charge is 0.494 e. The first-order valence-electron chi connectivity index (χ1n) is 8.93. The van der Waals surface area contributed by atoms with Gasteiger partial charge in [-0.25, -0.2) is 0 Å². The van der Waals surface area contributed by atoms with Crippen molar-refractivity contribution in [3.8, 4) is 5.75 Å². The smallest absolute Gasteiger partial charge is 0.253 e. The van der Waals surface area contributed by atoms with Gasteiger partial charge in [-0.1, -0.05) is 26.2 Å². The molecule has 1 aliphatic rings. The number of benzene rings is 1. The van der Waals surface area contributed by atoms with Gasteiger partial charge < -0.3 is 15.4 Å². The summed E-state index contributed by atoms with van der Waals surface area (Å²) >= 11 is 0. The molecule has 1 aliphatic heterocycles. The third kappa shape index (κ3) is 5.25. The van der Waals surface area contributed by atoms with Crippen LogP contribution >= 0.6 is 0 Å². The maximum atomic E-state index is 12.5. The average molecular weight is 332 g/mol. The highest BCUT2D eigenvalue weighted by Gasteiger charge is 2.26. The van der Waals surface area contributed by atoms with Gasteiger partial charge in [0.2, 0.25) is 5.91 Å². The van der Waals surface area contributed by atoms with Gasteiger partial charge >= 0.3 is 0 Å². The number of amides is 2. The van der Waals surface area contributed by atoms with Crippen molar-refractivity contribution in [1.82, 2.24) is 4.90 Å². The third-order valence-corrected chi connectivity index (χ3v) is 4.55. The Morgan fingerprint density at radius 3 is 2.38 bits per heavy atom. The first-order valence-corrected chi connectivity index (χ1v) is 8.93. The summed E-state index contributed by atoms with van der Waals surface area (Å²) in [7, 11) is 0. The molecule has 1 saturated heterocycles. The molecule has 1 aromatic rings. The molecule has 0 saturated carbocycles. The van der Waals surface area contributed by atoms with E-state index < -0.39 is 0 Å². The molecule has 0 aliphatic carbocycles. The molecule has 5 nitrogen and oxygen atoms in total. The SMILES string of the molecule is CCCCCCOc1ccc(C(=O)N2CCC(C(N)=O)CC2)cc1. The van der Waals surface area contributed by atoms with Gasteiger partial charge in [0, 0.05) is 24.6 Å². The first kappa shape index (κ1) is 18.3. The summed E-state index contributed by atoms with van der Waals surface area (Å²) in [4.78, 5) is 25.5. The molecule has 0 atom stereocenters. The van der Waals surface area contributed by atoms with E-state index in [0.29, 0.717) is 38.1 Å². The normalized spacial score (nSPS) is 15.3. The predicted octanol–water partition coefficient (Wildman–Crippen LogP) is 2.98. The Morgan fingerprint density at radius 1 is 1.12 bits per heavy atom. The van der Waals surface area contributed by atoms with E-state index >= 15 is 0 Å². The molecule has 0 bridgehead atoms. The van der Waals surface area contributed by atoms with Crippen LogP contribution in [0.5, 0.6) is 5.75 Å². The number of rotatable bonds is 8. The van der Waals surface area contributed by atoms with E-state index in [-0.39, 0.29) is 17.7 Å². The standard InChI is InChI=1S/C19H28N2O3/c1-2-3-4-5-14-24-17-8-6-16(7-9-17)19(23)21-12-10-15(11-13-21)18(20)22/h6-9,15H,2-5,10-14H2,1H3,(H2,20,22). The van der Waals surface area contributed by atoms with Gasteiger partial charge in [0.15, 0.2) is 0 Å². The fourth-order valence-corrected chi connectivity index (χ4v) is 2.96. The molecule has 24 heavy (non-hydrogen) atoms. The van der Waals surface area contributed by atoms with Crippen molar-refractivity contribution in [2.45, 2.75) is 45.4 Å². The second kappa shape index (κ2) is 9.30. The highest BCUT2D eigenvalue weighted by Crippen LogP contribution is 2.20. The minimum Gasteiger partial charge on any atom is -0.494 e. The lowest BCUT2D eigenvalue weighted by atomic mass is 9.96. The number of hydrogen-bond acceptors (Lipinski definition) is 3. The van der Waals surface area contributed by atoms with Crippen LogP contribution in [-0.4, -0.2) is 36.4 Å². The predicted molar refractivity (Wildman–Crippen MR) is 93.9 cm³/mol. The number of piperidine rings is 1. The Balaban J connectivity index is 1.80. The zero-order chi connectivity index (χ0) is 17.4. The molecular weight excluding hydrogens is 304 g/mol. The number of primary amides is 1. The van der Waals surface area contributed by atoms with Gasteiger partial charge in [-0.05, 0) is 43.5 Å². The van der Waals surface area contributed by atoms with Gasteiger partial charge in [0.1, 0.15) is 5.75 Å². The zero-order valence-electron chi connectivity index (χ0n) is 14.5. The molecule has 1 heterocycles. The lowest BCUT2D eigenvalue weighted by Gasteiger charge is -2.30. The van der Waals surface area contributed by atoms with E-state index in [9.17, 15) is 9.59 Å². The van der Waals surface area contributed by atoms with Gasteiger partial charge in [0.25, 0.3) is 5.91 Å². The number of likely N-dealkylation sites (tertiary alicyclic amines) is 1. The van der Waals surface area contributed by atoms with Gasteiger partial charge in [0.05, 0.1) is 6.61 Å². The number of hydrogen-bond donors (Lipinski definition) is 1. The maximum Gasteiger partial charge on any atom is 0.253 e. The van der Waals surface area contributed by atoms with Gasteiger partial charge in [-0.2, -0.15) is 0 Å². The number of unbranched alkanes of at least 4 members (excludes halogenated alkanes) is 3. The number of carbonyl (C=O) groups excluding carboxylic acids is 2. The minimum absolute atomic E-state index is 0.00687. The quantitative estimate of drug-likeness (QED) is 0.744. The summed E-state index contributed by atoms with van der Waals surface area (Å²) in [6.07, 6.45) is 6.01. The molecule has 2 rings (SSSR count). The van der Waals surface area contributed by atoms with Crippen molar-refractivity contribution in [3.63, 3.8) is 0 Å². The molecule has 132 valence electrons. The third-order valence-electron chi connectivity index (χ3n) is 4.55. The van der Waals surface area contributed by atoms with Crippen LogP contribution in [0.25, 0.3) is 0 Å². The molecular formula is C19H28N2O3. The lowest BCUT2D eigenvalue weighted by Crippen LogP contribution is -2.41. The van der Waals surface area contributed by atoms with E-state index in [1.807, 2.05) is 24.3 Å². The summed E-state index contributed by atoms with van der Waals surface area (Å²) in [5.74, 6) is 0.447. The minimum atomic E-state index is -0.262. The molecule has 2 N–H and O–H groups in total. The van der Waals surface area contributed by atoms with Crippen molar-refractivity contribution >= 4 is 11.8 Å². The summed E-state index contributed by atoms with van der Waals surface area (Å²) in [5, 5.41) is 0. The highest BCUT2D eigenvalue weighted by atomic mass is 16.5. The maximum absolute atomic E-state index is 12.5. The Labute approximate surface area is 144 Å². The summed E-state index contributed by atoms with van der Waals surface area (Å²) in [6, 6.07) is 7.32. The van der Waals surface area contributed by atoms with Crippen LogP contribution in [0.2, 0.25) is 0 Å². The number of nitrogens with two attached hydrogens (primary N) is 1. The van der Waals surface area contributed by atoms with Gasteiger partial charge in [-0.3, -0.25) is 9.59 Å². The van der Waals surface area contributed by atoms with Crippen molar-refractivity contribution in [2.75, 3.05) is 19.7 Å². The van der Waals surface area contributed by atoms with Crippen molar-refractivity contribution in [2.24, 2.45) is 11.7 Å². The molecule has 0 unspecified atom stereocenters. The molecule has 1 aromatic carbocycles. The molecule has 5 heteroatoms. The highest BCUT2D eigenvalue weighted by molar-refractivity contribution is 5.94. The fourth-order valence-electron chi connectivity index (χ4n) is 2.96. The summed E-state index contributed by atoms with van der Waals surface area (Å²) in [5.41, 5.74) is 5.99. The first-order chi connectivity index (χ1) is 11.6. The Bertz CT molecular complexity index is 534. The Morgan fingerprint density at radius 2 is 1.79 bits per heavy atom. The van der Waals surface area contributed by atoms with Crippen LogP contribution < -0.4 is 10.5 Å². The topological polar surface area (TPSA) is 72.6 Å². The average Bonchev–Trinajstić information content (AvgIpc) is 2.61. The van der Waals surface area contributed by atoms with Crippen LogP contribution in [0.3, 0.4) is 0 Å². The van der Waals surface area contributed by atoms with Crippen molar-refractivity contribution < 1.29 is 14.3 Å². The van der Waals surface area contributed by atoms with Crippen LogP contribution in [-0.2, 0) is 4.79 Å². The Hall–Kier alpha value is -2.04. The van der Waals surface area contributed by atoms with Crippen LogP contribution in [0, 0.1) is 5.92 Å². The molecule has 0 aromatic heterocycles.